The molecule has 3 aliphatic carbocycles. The molecule has 11 heteroatoms. The zero-order chi connectivity index (χ0) is 29.1. The molecule has 3 unspecified atom stereocenters. The number of aromatic hydroxyl groups is 1. The van der Waals surface area contributed by atoms with Crippen molar-refractivity contribution in [2.24, 2.45) is 29.4 Å². The van der Waals surface area contributed by atoms with Gasteiger partial charge in [-0.3, -0.25) is 33.8 Å². The Hall–Kier alpha value is -3.15. The number of nitrogens with two attached hydrogens (primary N) is 1. The summed E-state index contributed by atoms with van der Waals surface area (Å²) in [5.41, 5.74) is 4.53. The molecule has 0 bridgehead atoms. The molecular weight excluding hydrogens is 504 g/mol. The molecule has 1 amide bonds. The average Bonchev–Trinajstić information content (AvgIpc) is 2.85. The van der Waals surface area contributed by atoms with Crippen LogP contribution in [0.15, 0.2) is 6.07 Å². The Kier molecular flexibility index (Phi) is 7.48. The number of benzene rings is 1. The lowest BCUT2D eigenvalue weighted by Gasteiger charge is -2.52. The molecule has 0 radical (unpaired) electrons. The number of ketones is 4. The number of phenols is 1. The molecule has 2 saturated carbocycles. The number of Topliss-reactive ketones (excluding diaryl/α,β-unsaturated/α-hetero) is 4. The summed E-state index contributed by atoms with van der Waals surface area (Å²) in [6.45, 7) is 5.83. The maximum absolute atomic E-state index is 14.0. The minimum atomic E-state index is -2.73. The van der Waals surface area contributed by atoms with Crippen LogP contribution in [0, 0.1) is 23.7 Å². The van der Waals surface area contributed by atoms with Crippen molar-refractivity contribution < 1.29 is 34.2 Å². The van der Waals surface area contributed by atoms with Crippen LogP contribution in [0.4, 0.5) is 5.69 Å². The highest BCUT2D eigenvalue weighted by Gasteiger charge is 2.69. The molecule has 3 aliphatic rings. The molecule has 0 spiro atoms. The molecule has 0 aromatic heterocycles. The zero-order valence-corrected chi connectivity index (χ0v) is 23.4. The summed E-state index contributed by atoms with van der Waals surface area (Å²) >= 11 is 0. The number of carbonyl (C=O) groups excluding carboxylic acids is 5. The minimum Gasteiger partial charge on any atom is -0.507 e. The number of amides is 1. The molecule has 0 saturated heterocycles. The molecule has 4 rings (SSSR count). The molecule has 6 atom stereocenters. The van der Waals surface area contributed by atoms with Crippen molar-refractivity contribution >= 4 is 34.7 Å². The van der Waals surface area contributed by atoms with Gasteiger partial charge in [0.05, 0.1) is 17.5 Å². The Balaban J connectivity index is 1.88. The number of likely N-dealkylation sites (N-methyl/N-ethyl adjacent to an activating group) is 1. The van der Waals surface area contributed by atoms with Crippen molar-refractivity contribution in [2.75, 3.05) is 46.2 Å². The van der Waals surface area contributed by atoms with Crippen LogP contribution >= 0.6 is 0 Å². The van der Waals surface area contributed by atoms with Crippen LogP contribution in [0.25, 0.3) is 0 Å². The van der Waals surface area contributed by atoms with Crippen LogP contribution in [-0.2, 0) is 32.1 Å². The number of fused-ring (bicyclic) bond motifs is 3. The van der Waals surface area contributed by atoms with Crippen molar-refractivity contribution in [3.8, 4) is 5.75 Å². The third kappa shape index (κ3) is 4.18. The van der Waals surface area contributed by atoms with Gasteiger partial charge in [0.2, 0.25) is 5.91 Å². The van der Waals surface area contributed by atoms with E-state index in [0.29, 0.717) is 17.7 Å². The quantitative estimate of drug-likeness (QED) is 0.393. The minimum absolute atomic E-state index is 0.0231. The Morgan fingerprint density at radius 3 is 2.21 bits per heavy atom. The molecule has 1 aromatic rings. The van der Waals surface area contributed by atoms with Crippen molar-refractivity contribution in [1.29, 1.82) is 0 Å². The maximum Gasteiger partial charge on any atom is 0.235 e. The predicted molar refractivity (Wildman–Crippen MR) is 142 cm³/mol. The number of carbonyl (C=O) groups is 5. The molecule has 39 heavy (non-hydrogen) atoms. The first-order valence-corrected chi connectivity index (χ1v) is 13.3. The Labute approximate surface area is 227 Å². The highest BCUT2D eigenvalue weighted by atomic mass is 16.3. The van der Waals surface area contributed by atoms with E-state index in [-0.39, 0.29) is 24.2 Å². The first kappa shape index (κ1) is 28.8. The second-order valence-corrected chi connectivity index (χ2v) is 11.4. The lowest BCUT2D eigenvalue weighted by molar-refractivity contribution is -0.181. The molecule has 1 aromatic carbocycles. The lowest BCUT2D eigenvalue weighted by atomic mass is 9.52. The molecule has 0 aliphatic heterocycles. The average molecular weight is 543 g/mol. The van der Waals surface area contributed by atoms with E-state index >= 15 is 0 Å². The van der Waals surface area contributed by atoms with Gasteiger partial charge in [-0.2, -0.15) is 0 Å². The van der Waals surface area contributed by atoms with Crippen molar-refractivity contribution in [2.45, 2.75) is 44.9 Å². The van der Waals surface area contributed by atoms with Gasteiger partial charge in [0.25, 0.3) is 0 Å². The van der Waals surface area contributed by atoms with Crippen LogP contribution in [0.5, 0.6) is 5.75 Å². The number of hydrogen-bond donors (Lipinski definition) is 3. The number of primary amides is 1. The normalized spacial score (nSPS) is 30.3. The summed E-state index contributed by atoms with van der Waals surface area (Å²) in [4.78, 5) is 72.2. The highest BCUT2D eigenvalue weighted by Crippen LogP contribution is 2.52. The van der Waals surface area contributed by atoms with Crippen LogP contribution in [0.2, 0.25) is 0 Å². The highest BCUT2D eigenvalue weighted by molar-refractivity contribution is 6.32. The summed E-state index contributed by atoms with van der Waals surface area (Å²) in [5, 5.41) is 23.0. The van der Waals surface area contributed by atoms with Crippen LogP contribution in [-0.4, -0.2) is 102 Å². The Morgan fingerprint density at radius 1 is 1.08 bits per heavy atom. The van der Waals surface area contributed by atoms with E-state index in [1.807, 2.05) is 38.9 Å². The largest absolute Gasteiger partial charge is 0.507 e. The first-order valence-electron chi connectivity index (χ1n) is 13.3. The van der Waals surface area contributed by atoms with Gasteiger partial charge >= 0.3 is 0 Å². The van der Waals surface area contributed by atoms with Crippen LogP contribution in [0.1, 0.15) is 41.8 Å². The lowest BCUT2D eigenvalue weighted by Crippen LogP contribution is -2.74. The number of aliphatic hydroxyl groups is 1. The van der Waals surface area contributed by atoms with Gasteiger partial charge < -0.3 is 20.8 Å². The zero-order valence-electron chi connectivity index (χ0n) is 23.4. The van der Waals surface area contributed by atoms with Gasteiger partial charge in [-0.15, -0.1) is 0 Å². The first-order chi connectivity index (χ1) is 18.2. The molecule has 0 heterocycles. The number of nitrogens with zero attached hydrogens (tertiary/aromatic N) is 3. The van der Waals surface area contributed by atoms with Gasteiger partial charge in [0.15, 0.2) is 34.7 Å². The second-order valence-electron chi connectivity index (χ2n) is 11.4. The smallest absolute Gasteiger partial charge is 0.235 e. The molecular formula is C28H38N4O7. The fraction of sp³-hybridized carbons (Fsp3) is 0.607. The Bertz CT molecular complexity index is 1250. The maximum atomic E-state index is 14.0. The summed E-state index contributed by atoms with van der Waals surface area (Å²) < 4.78 is 0. The van der Waals surface area contributed by atoms with Crippen molar-refractivity contribution in [3.05, 3.63) is 22.8 Å². The van der Waals surface area contributed by atoms with Gasteiger partial charge in [-0.1, -0.05) is 13.8 Å². The van der Waals surface area contributed by atoms with E-state index in [0.717, 1.165) is 18.8 Å². The Morgan fingerprint density at radius 2 is 1.69 bits per heavy atom. The summed E-state index contributed by atoms with van der Waals surface area (Å²) in [6.07, 6.45) is 0.261. The van der Waals surface area contributed by atoms with Gasteiger partial charge in [-0.05, 0) is 57.6 Å². The van der Waals surface area contributed by atoms with Gasteiger partial charge in [0, 0.05) is 37.8 Å². The van der Waals surface area contributed by atoms with E-state index in [2.05, 4.69) is 4.90 Å². The van der Waals surface area contributed by atoms with E-state index < -0.39 is 64.4 Å². The SMILES string of the molecule is CCN(CC)Cc1cc(N(C)C)c2c(c1O)C(=O)C1C(=O)[C@@]3(O)C(=O)C(C(N)=O)C(=O)C(N(C)C)[C@H]3C[C@H]1C2. The molecule has 212 valence electrons. The van der Waals surface area contributed by atoms with E-state index in [9.17, 15) is 34.2 Å². The monoisotopic (exact) mass is 542 g/mol. The topological polar surface area (TPSA) is 162 Å². The van der Waals surface area contributed by atoms with E-state index in [4.69, 9.17) is 5.73 Å². The van der Waals surface area contributed by atoms with E-state index in [1.54, 1.807) is 14.1 Å². The molecule has 11 nitrogen and oxygen atoms in total. The van der Waals surface area contributed by atoms with Crippen molar-refractivity contribution in [3.63, 3.8) is 0 Å². The third-order valence-corrected chi connectivity index (χ3v) is 8.89. The van der Waals surface area contributed by atoms with Gasteiger partial charge in [0.1, 0.15) is 5.75 Å². The summed E-state index contributed by atoms with van der Waals surface area (Å²) in [6, 6.07) is 0.735. The molecule has 2 fully saturated rings. The van der Waals surface area contributed by atoms with Crippen LogP contribution < -0.4 is 10.6 Å². The number of rotatable bonds is 7. The molecule has 4 N–H and O–H groups in total. The third-order valence-electron chi connectivity index (χ3n) is 8.89. The number of hydrogen-bond acceptors (Lipinski definition) is 10. The van der Waals surface area contributed by atoms with Crippen LogP contribution in [0.3, 0.4) is 0 Å². The second kappa shape index (κ2) is 10.1. The number of phenolic OH excluding ortho intramolecular Hbond substituents is 1. The summed E-state index contributed by atoms with van der Waals surface area (Å²) in [7, 11) is 6.79. The van der Waals surface area contributed by atoms with Gasteiger partial charge in [-0.25, -0.2) is 0 Å². The van der Waals surface area contributed by atoms with Crippen molar-refractivity contribution in [1.82, 2.24) is 9.80 Å². The number of anilines is 1. The fourth-order valence-corrected chi connectivity index (χ4v) is 6.91. The summed E-state index contributed by atoms with van der Waals surface area (Å²) in [5.74, 6) is -10.3. The fourth-order valence-electron chi connectivity index (χ4n) is 6.91. The van der Waals surface area contributed by atoms with E-state index in [1.165, 1.54) is 4.90 Å². The standard InChI is InChI=1S/C28H38N4O7/c1-7-32(8-2)12-14-11-17(30(3)4)15-9-13-10-16-21(31(5)6)24(35)20(27(29)38)26(37)28(16,39)25(36)18(13)23(34)19(15)22(14)33/h11,13,16,18,20-21,33,39H,7-10,12H2,1-6H3,(H2,29,38)/t13-,16-,18?,20?,21?,28-/m1/s1. The predicted octanol–water partition coefficient (Wildman–Crippen LogP) is -0.225.